The van der Waals surface area contributed by atoms with E-state index >= 15 is 0 Å². The largest absolute Gasteiger partial charge is 0.494 e. The zero-order valence-electron chi connectivity index (χ0n) is 16.5. The third-order valence-electron chi connectivity index (χ3n) is 4.39. The van der Waals surface area contributed by atoms with Crippen molar-refractivity contribution in [2.45, 2.75) is 6.92 Å². The number of halogens is 2. The highest BCUT2D eigenvalue weighted by molar-refractivity contribution is 6.30. The third-order valence-corrected chi connectivity index (χ3v) is 4.64. The second-order valence-electron chi connectivity index (χ2n) is 6.57. The predicted octanol–water partition coefficient (Wildman–Crippen LogP) is 5.38. The molecule has 1 aromatic heterocycles. The van der Waals surface area contributed by atoms with Gasteiger partial charge in [-0.3, -0.25) is 4.79 Å². The van der Waals surface area contributed by atoms with Gasteiger partial charge >= 0.3 is 0 Å². The van der Waals surface area contributed by atoms with Crippen LogP contribution in [0.3, 0.4) is 0 Å². The smallest absolute Gasteiger partial charge is 0.295 e. The molecular weight excluding hydrogens is 419 g/mol. The maximum absolute atomic E-state index is 13.4. The number of carbonyl (C=O) groups excluding carboxylic acids is 1. The van der Waals surface area contributed by atoms with E-state index in [1.807, 2.05) is 31.2 Å². The highest BCUT2D eigenvalue weighted by atomic mass is 35.5. The van der Waals surface area contributed by atoms with Crippen molar-refractivity contribution in [1.29, 1.82) is 0 Å². The third kappa shape index (κ3) is 4.73. The monoisotopic (exact) mass is 436 g/mol. The van der Waals surface area contributed by atoms with Crippen LogP contribution in [-0.4, -0.2) is 27.3 Å². The zero-order valence-corrected chi connectivity index (χ0v) is 17.3. The molecule has 1 N–H and O–H groups in total. The van der Waals surface area contributed by atoms with Crippen molar-refractivity contribution in [3.63, 3.8) is 0 Å². The molecule has 1 amide bonds. The van der Waals surface area contributed by atoms with E-state index in [0.29, 0.717) is 28.8 Å². The summed E-state index contributed by atoms with van der Waals surface area (Å²) in [4.78, 5) is 17.2. The van der Waals surface area contributed by atoms with Gasteiger partial charge in [0, 0.05) is 16.3 Å². The lowest BCUT2D eigenvalue weighted by atomic mass is 10.2. The molecule has 156 valence electrons. The van der Waals surface area contributed by atoms with Gasteiger partial charge in [0.05, 0.1) is 12.3 Å². The normalized spacial score (nSPS) is 10.7. The molecule has 0 spiro atoms. The average Bonchev–Trinajstić information content (AvgIpc) is 3.21. The number of anilines is 1. The van der Waals surface area contributed by atoms with Gasteiger partial charge in [0.15, 0.2) is 5.82 Å². The van der Waals surface area contributed by atoms with Crippen LogP contribution in [0.2, 0.25) is 5.02 Å². The van der Waals surface area contributed by atoms with Crippen molar-refractivity contribution in [3.05, 3.63) is 89.5 Å². The molecule has 4 rings (SSSR count). The molecule has 0 aliphatic rings. The highest BCUT2D eigenvalue weighted by Crippen LogP contribution is 2.24. The number of rotatable bonds is 6. The van der Waals surface area contributed by atoms with Gasteiger partial charge in [-0.05, 0) is 73.7 Å². The number of hydrogen-bond acceptors (Lipinski definition) is 4. The van der Waals surface area contributed by atoms with Crippen LogP contribution in [0.15, 0.2) is 72.8 Å². The Morgan fingerprint density at radius 1 is 1.10 bits per heavy atom. The summed E-state index contributed by atoms with van der Waals surface area (Å²) in [6.07, 6.45) is 0. The molecule has 0 aliphatic carbocycles. The fourth-order valence-electron chi connectivity index (χ4n) is 2.98. The molecule has 0 fully saturated rings. The lowest BCUT2D eigenvalue weighted by Gasteiger charge is -2.08. The second kappa shape index (κ2) is 8.97. The summed E-state index contributed by atoms with van der Waals surface area (Å²) in [6, 6.07) is 20.0. The lowest BCUT2D eigenvalue weighted by molar-refractivity contribution is 0.101. The van der Waals surface area contributed by atoms with Crippen LogP contribution in [0.5, 0.6) is 5.75 Å². The number of hydrogen-bond donors (Lipinski definition) is 1. The fraction of sp³-hybridized carbons (Fsp3) is 0.0870. The Morgan fingerprint density at radius 2 is 1.84 bits per heavy atom. The first-order chi connectivity index (χ1) is 15.0. The second-order valence-corrected chi connectivity index (χ2v) is 7.01. The van der Waals surface area contributed by atoms with Crippen LogP contribution >= 0.6 is 11.6 Å². The average molecular weight is 437 g/mol. The van der Waals surface area contributed by atoms with E-state index in [0.717, 1.165) is 11.3 Å². The fourth-order valence-corrected chi connectivity index (χ4v) is 3.10. The molecule has 31 heavy (non-hydrogen) atoms. The molecular formula is C23H18ClFN4O2. The van der Waals surface area contributed by atoms with Crippen LogP contribution in [0.4, 0.5) is 10.1 Å². The number of amides is 1. The van der Waals surface area contributed by atoms with E-state index in [-0.39, 0.29) is 5.82 Å². The van der Waals surface area contributed by atoms with Gasteiger partial charge in [-0.15, -0.1) is 5.10 Å². The van der Waals surface area contributed by atoms with Gasteiger partial charge in [0.25, 0.3) is 5.91 Å². The Kier molecular flexibility index (Phi) is 5.95. The van der Waals surface area contributed by atoms with E-state index in [9.17, 15) is 9.18 Å². The Hall–Kier alpha value is -3.71. The summed E-state index contributed by atoms with van der Waals surface area (Å²) in [6.45, 7) is 2.47. The first-order valence-electron chi connectivity index (χ1n) is 9.56. The Morgan fingerprint density at radius 3 is 2.52 bits per heavy atom. The molecule has 0 saturated heterocycles. The summed E-state index contributed by atoms with van der Waals surface area (Å²) in [5.41, 5.74) is 1.75. The molecule has 0 aliphatic heterocycles. The summed E-state index contributed by atoms with van der Waals surface area (Å²) < 4.78 is 20.5. The first-order valence-corrected chi connectivity index (χ1v) is 9.94. The number of nitrogens with zero attached hydrogens (tertiary/aromatic N) is 3. The number of carbonyl (C=O) groups is 1. The SMILES string of the molecule is CCOc1ccc(-n2nc(C(=O)Nc3cccc(F)c3)nc2-c2ccc(Cl)cc2)cc1. The standard InChI is InChI=1S/C23H18ClFN4O2/c1-2-31-20-12-10-19(11-13-20)29-22(15-6-8-16(24)9-7-15)27-21(28-29)23(30)26-18-5-3-4-17(25)14-18/h3-14H,2H2,1H3,(H,26,30). The minimum absolute atomic E-state index is 0.0527. The Labute approximate surface area is 183 Å². The van der Waals surface area contributed by atoms with Crippen LogP contribution in [0, 0.1) is 5.82 Å². The number of ether oxygens (including phenoxy) is 1. The predicted molar refractivity (Wildman–Crippen MR) is 117 cm³/mol. The van der Waals surface area contributed by atoms with Gasteiger partial charge in [-0.25, -0.2) is 14.1 Å². The highest BCUT2D eigenvalue weighted by Gasteiger charge is 2.19. The lowest BCUT2D eigenvalue weighted by Crippen LogP contribution is -2.14. The summed E-state index contributed by atoms with van der Waals surface area (Å²) >= 11 is 6.01. The summed E-state index contributed by atoms with van der Waals surface area (Å²) in [5, 5.41) is 7.60. The van der Waals surface area contributed by atoms with Gasteiger partial charge in [-0.1, -0.05) is 17.7 Å². The van der Waals surface area contributed by atoms with Crippen molar-refractivity contribution in [2.75, 3.05) is 11.9 Å². The molecule has 1 heterocycles. The van der Waals surface area contributed by atoms with Crippen molar-refractivity contribution in [3.8, 4) is 22.8 Å². The minimum atomic E-state index is -0.550. The number of aromatic nitrogens is 3. The van der Waals surface area contributed by atoms with E-state index < -0.39 is 11.7 Å². The Bertz CT molecular complexity index is 1210. The molecule has 0 atom stereocenters. The van der Waals surface area contributed by atoms with Gasteiger partial charge in [-0.2, -0.15) is 0 Å². The molecule has 8 heteroatoms. The van der Waals surface area contributed by atoms with Crippen molar-refractivity contribution < 1.29 is 13.9 Å². The van der Waals surface area contributed by atoms with Crippen LogP contribution in [-0.2, 0) is 0 Å². The maximum Gasteiger partial charge on any atom is 0.295 e. The molecule has 0 bridgehead atoms. The summed E-state index contributed by atoms with van der Waals surface area (Å²) in [5.74, 6) is 0.134. The molecule has 6 nitrogen and oxygen atoms in total. The van der Waals surface area contributed by atoms with Crippen LogP contribution < -0.4 is 10.1 Å². The van der Waals surface area contributed by atoms with Crippen molar-refractivity contribution in [1.82, 2.24) is 14.8 Å². The van der Waals surface area contributed by atoms with E-state index in [4.69, 9.17) is 16.3 Å². The van der Waals surface area contributed by atoms with E-state index in [1.165, 1.54) is 18.2 Å². The summed E-state index contributed by atoms with van der Waals surface area (Å²) in [7, 11) is 0. The van der Waals surface area contributed by atoms with Gasteiger partial charge in [0.1, 0.15) is 11.6 Å². The van der Waals surface area contributed by atoms with Crippen molar-refractivity contribution in [2.24, 2.45) is 0 Å². The van der Waals surface area contributed by atoms with Crippen LogP contribution in [0.25, 0.3) is 17.1 Å². The quantitative estimate of drug-likeness (QED) is 0.440. The molecule has 0 radical (unpaired) electrons. The van der Waals surface area contributed by atoms with Crippen LogP contribution in [0.1, 0.15) is 17.5 Å². The minimum Gasteiger partial charge on any atom is -0.494 e. The van der Waals surface area contributed by atoms with Crippen molar-refractivity contribution >= 4 is 23.2 Å². The Balaban J connectivity index is 1.72. The molecule has 4 aromatic rings. The number of benzene rings is 3. The molecule has 0 unspecified atom stereocenters. The van der Waals surface area contributed by atoms with E-state index in [2.05, 4.69) is 15.4 Å². The number of nitrogens with one attached hydrogen (secondary N) is 1. The molecule has 3 aromatic carbocycles. The van der Waals surface area contributed by atoms with Gasteiger partial charge < -0.3 is 10.1 Å². The molecule has 0 saturated carbocycles. The first kappa shape index (κ1) is 20.6. The van der Waals surface area contributed by atoms with Gasteiger partial charge in [0.2, 0.25) is 5.82 Å². The topological polar surface area (TPSA) is 69.0 Å². The van der Waals surface area contributed by atoms with E-state index in [1.54, 1.807) is 35.0 Å². The zero-order chi connectivity index (χ0) is 21.8. The maximum atomic E-state index is 13.4.